The average molecular weight is 290 g/mol. The first-order valence-corrected chi connectivity index (χ1v) is 8.33. The molecule has 21 heavy (non-hydrogen) atoms. The maximum absolute atomic E-state index is 9.12. The molecule has 1 aliphatic carbocycles. The maximum atomic E-state index is 9.12. The summed E-state index contributed by atoms with van der Waals surface area (Å²) in [5.41, 5.74) is 1.36. The molecule has 2 atom stereocenters. The molecule has 1 fully saturated rings. The quantitative estimate of drug-likeness (QED) is 0.734. The van der Waals surface area contributed by atoms with Crippen molar-refractivity contribution in [3.8, 4) is 0 Å². The Labute approximate surface area is 129 Å². The Morgan fingerprint density at radius 1 is 1.29 bits per heavy atom. The summed E-state index contributed by atoms with van der Waals surface area (Å²) >= 11 is 0. The van der Waals surface area contributed by atoms with Gasteiger partial charge < -0.3 is 10.4 Å². The predicted molar refractivity (Wildman–Crippen MR) is 88.3 cm³/mol. The van der Waals surface area contributed by atoms with Crippen molar-refractivity contribution < 1.29 is 5.11 Å². The fourth-order valence-electron chi connectivity index (χ4n) is 3.36. The van der Waals surface area contributed by atoms with Gasteiger partial charge in [0.05, 0.1) is 0 Å². The highest BCUT2D eigenvalue weighted by atomic mass is 16.3. The van der Waals surface area contributed by atoms with Crippen LogP contribution in [0.1, 0.15) is 44.2 Å². The predicted octanol–water partition coefficient (Wildman–Crippen LogP) is 2.82. The third kappa shape index (κ3) is 4.53. The molecule has 118 valence electrons. The Kier molecular flexibility index (Phi) is 6.68. The lowest BCUT2D eigenvalue weighted by Gasteiger charge is -2.40. The second kappa shape index (κ2) is 8.52. The molecule has 0 radical (unpaired) electrons. The number of nitrogens with zero attached hydrogens (tertiary/aromatic N) is 1. The Morgan fingerprint density at radius 3 is 2.52 bits per heavy atom. The van der Waals surface area contributed by atoms with E-state index in [9.17, 15) is 0 Å². The molecule has 1 saturated carbocycles. The van der Waals surface area contributed by atoms with E-state index in [1.54, 1.807) is 0 Å². The van der Waals surface area contributed by atoms with E-state index in [2.05, 4.69) is 54.5 Å². The Bertz CT molecular complexity index is 391. The van der Waals surface area contributed by atoms with Crippen LogP contribution in [0.4, 0.5) is 0 Å². The third-order valence-electron chi connectivity index (χ3n) is 4.76. The van der Waals surface area contributed by atoms with Gasteiger partial charge in [-0.3, -0.25) is 4.90 Å². The van der Waals surface area contributed by atoms with E-state index in [1.807, 2.05) is 0 Å². The fraction of sp³-hybridized carbons (Fsp3) is 0.667. The molecule has 0 saturated heterocycles. The molecule has 0 amide bonds. The molecule has 2 N–H and O–H groups in total. The largest absolute Gasteiger partial charge is 0.396 e. The van der Waals surface area contributed by atoms with Crippen LogP contribution in [-0.4, -0.2) is 42.8 Å². The molecule has 0 heterocycles. The van der Waals surface area contributed by atoms with Crippen molar-refractivity contribution in [2.45, 2.75) is 44.7 Å². The summed E-state index contributed by atoms with van der Waals surface area (Å²) in [4.78, 5) is 2.59. The van der Waals surface area contributed by atoms with E-state index in [-0.39, 0.29) is 0 Å². The summed E-state index contributed by atoms with van der Waals surface area (Å²) in [6, 6.07) is 11.8. The van der Waals surface area contributed by atoms with Gasteiger partial charge in [-0.25, -0.2) is 0 Å². The van der Waals surface area contributed by atoms with Crippen LogP contribution in [0.15, 0.2) is 30.3 Å². The molecule has 1 aromatic rings. The highest BCUT2D eigenvalue weighted by Crippen LogP contribution is 2.28. The van der Waals surface area contributed by atoms with Gasteiger partial charge in [0.2, 0.25) is 0 Å². The van der Waals surface area contributed by atoms with Crippen molar-refractivity contribution in [1.82, 2.24) is 10.2 Å². The van der Waals surface area contributed by atoms with Crippen LogP contribution in [-0.2, 0) is 0 Å². The van der Waals surface area contributed by atoms with Gasteiger partial charge in [0, 0.05) is 31.8 Å². The van der Waals surface area contributed by atoms with E-state index < -0.39 is 0 Å². The second-order valence-corrected chi connectivity index (χ2v) is 6.31. The minimum Gasteiger partial charge on any atom is -0.396 e. The van der Waals surface area contributed by atoms with Gasteiger partial charge in [-0.15, -0.1) is 0 Å². The lowest BCUT2D eigenvalue weighted by atomic mass is 9.88. The minimum absolute atomic E-state index is 0.297. The zero-order valence-electron chi connectivity index (χ0n) is 13.5. The molecule has 2 unspecified atom stereocenters. The monoisotopic (exact) mass is 290 g/mol. The van der Waals surface area contributed by atoms with Crippen LogP contribution < -0.4 is 5.32 Å². The Hall–Kier alpha value is -0.900. The molecule has 3 heteroatoms. The summed E-state index contributed by atoms with van der Waals surface area (Å²) in [5.74, 6) is 0.552. The average Bonchev–Trinajstić information content (AvgIpc) is 2.45. The summed E-state index contributed by atoms with van der Waals surface area (Å²) < 4.78 is 0. The first-order chi connectivity index (χ1) is 10.3. The number of aliphatic hydroxyl groups excluding tert-OH is 1. The van der Waals surface area contributed by atoms with Gasteiger partial charge in [0.15, 0.2) is 0 Å². The van der Waals surface area contributed by atoms with Crippen molar-refractivity contribution in [2.24, 2.45) is 5.92 Å². The molecule has 0 aromatic heterocycles. The molecule has 1 aromatic carbocycles. The Balaban J connectivity index is 1.97. The zero-order valence-corrected chi connectivity index (χ0v) is 13.5. The highest BCUT2D eigenvalue weighted by Gasteiger charge is 2.28. The van der Waals surface area contributed by atoms with E-state index in [1.165, 1.54) is 24.8 Å². The molecule has 0 spiro atoms. The van der Waals surface area contributed by atoms with Gasteiger partial charge in [0.1, 0.15) is 0 Å². The van der Waals surface area contributed by atoms with Gasteiger partial charge >= 0.3 is 0 Å². The van der Waals surface area contributed by atoms with Gasteiger partial charge in [0.25, 0.3) is 0 Å². The number of rotatable bonds is 9. The SMILES string of the molecule is CNC(c1ccccc1)C(C)CN(CCCO)C1CCC1. The summed E-state index contributed by atoms with van der Waals surface area (Å²) in [6.45, 7) is 4.76. The van der Waals surface area contributed by atoms with Crippen molar-refractivity contribution in [3.63, 3.8) is 0 Å². The topological polar surface area (TPSA) is 35.5 Å². The highest BCUT2D eigenvalue weighted by molar-refractivity contribution is 5.19. The summed E-state index contributed by atoms with van der Waals surface area (Å²) in [7, 11) is 2.05. The Morgan fingerprint density at radius 2 is 2.00 bits per heavy atom. The van der Waals surface area contributed by atoms with Crippen LogP contribution in [0.3, 0.4) is 0 Å². The number of hydrogen-bond acceptors (Lipinski definition) is 3. The van der Waals surface area contributed by atoms with E-state index >= 15 is 0 Å². The molecule has 0 aliphatic heterocycles. The summed E-state index contributed by atoms with van der Waals surface area (Å²) in [6.07, 6.45) is 4.91. The van der Waals surface area contributed by atoms with Crippen LogP contribution >= 0.6 is 0 Å². The van der Waals surface area contributed by atoms with Gasteiger partial charge in [-0.1, -0.05) is 43.7 Å². The van der Waals surface area contributed by atoms with Gasteiger partial charge in [-0.05, 0) is 37.8 Å². The molecule has 0 bridgehead atoms. The zero-order chi connectivity index (χ0) is 15.1. The summed E-state index contributed by atoms with van der Waals surface area (Å²) in [5, 5.41) is 12.6. The molecular weight excluding hydrogens is 260 g/mol. The smallest absolute Gasteiger partial charge is 0.0443 e. The van der Waals surface area contributed by atoms with E-state index in [0.717, 1.165) is 25.6 Å². The number of benzene rings is 1. The lowest BCUT2D eigenvalue weighted by Crippen LogP contribution is -2.45. The minimum atomic E-state index is 0.297. The maximum Gasteiger partial charge on any atom is 0.0443 e. The van der Waals surface area contributed by atoms with E-state index in [0.29, 0.717) is 18.6 Å². The number of hydrogen-bond donors (Lipinski definition) is 2. The van der Waals surface area contributed by atoms with Crippen molar-refractivity contribution in [2.75, 3.05) is 26.7 Å². The van der Waals surface area contributed by atoms with Crippen LogP contribution in [0.5, 0.6) is 0 Å². The van der Waals surface area contributed by atoms with Crippen LogP contribution in [0.25, 0.3) is 0 Å². The molecule has 1 aliphatic rings. The van der Waals surface area contributed by atoms with Gasteiger partial charge in [-0.2, -0.15) is 0 Å². The third-order valence-corrected chi connectivity index (χ3v) is 4.76. The van der Waals surface area contributed by atoms with Crippen molar-refractivity contribution in [1.29, 1.82) is 0 Å². The molecule has 2 rings (SSSR count). The van der Waals surface area contributed by atoms with Crippen LogP contribution in [0, 0.1) is 5.92 Å². The number of aliphatic hydroxyl groups is 1. The second-order valence-electron chi connectivity index (χ2n) is 6.31. The van der Waals surface area contributed by atoms with E-state index in [4.69, 9.17) is 5.11 Å². The molecular formula is C18H30N2O. The fourth-order valence-corrected chi connectivity index (χ4v) is 3.36. The normalized spacial score (nSPS) is 18.5. The number of nitrogens with one attached hydrogen (secondary N) is 1. The van der Waals surface area contributed by atoms with Crippen molar-refractivity contribution in [3.05, 3.63) is 35.9 Å². The molecule has 3 nitrogen and oxygen atoms in total. The lowest BCUT2D eigenvalue weighted by molar-refractivity contribution is 0.0936. The first kappa shape index (κ1) is 16.5. The standard InChI is InChI=1S/C18H30N2O/c1-15(18(19-2)16-8-4-3-5-9-16)14-20(12-7-13-21)17-10-6-11-17/h3-5,8-9,15,17-19,21H,6-7,10-14H2,1-2H3. The van der Waals surface area contributed by atoms with Crippen molar-refractivity contribution >= 4 is 0 Å². The first-order valence-electron chi connectivity index (χ1n) is 8.33. The van der Waals surface area contributed by atoms with Crippen LogP contribution in [0.2, 0.25) is 0 Å².